The predicted octanol–water partition coefficient (Wildman–Crippen LogP) is 3.43. The van der Waals surface area contributed by atoms with Crippen molar-refractivity contribution in [3.63, 3.8) is 0 Å². The van der Waals surface area contributed by atoms with Crippen LogP contribution in [0.4, 0.5) is 5.69 Å². The fraction of sp³-hybridized carbons (Fsp3) is 0.412. The Morgan fingerprint density at radius 2 is 2.08 bits per heavy atom. The summed E-state index contributed by atoms with van der Waals surface area (Å²) in [5.41, 5.74) is 1.04. The van der Waals surface area contributed by atoms with Gasteiger partial charge in [-0.2, -0.15) is 0 Å². The third kappa shape index (κ3) is 3.07. The van der Waals surface area contributed by atoms with Crippen molar-refractivity contribution in [2.24, 2.45) is 10.9 Å². The summed E-state index contributed by atoms with van der Waals surface area (Å²) in [6.07, 6.45) is 0.971. The van der Waals surface area contributed by atoms with Crippen molar-refractivity contribution >= 4 is 38.6 Å². The molecule has 9 heteroatoms. The average molecular weight is 397 g/mol. The van der Waals surface area contributed by atoms with Crippen LogP contribution in [0.15, 0.2) is 33.8 Å². The van der Waals surface area contributed by atoms with Crippen LogP contribution < -0.4 is 0 Å². The molecule has 138 valence electrons. The van der Waals surface area contributed by atoms with E-state index in [0.29, 0.717) is 29.8 Å². The number of nitro benzene ring substituents is 1. The molecule has 0 saturated heterocycles. The summed E-state index contributed by atoms with van der Waals surface area (Å²) < 4.78 is 25.5. The second-order valence-corrected chi connectivity index (χ2v) is 9.01. The van der Waals surface area contributed by atoms with Crippen LogP contribution in [0.1, 0.15) is 38.2 Å². The Kier molecular flexibility index (Phi) is 4.74. The number of nitrogens with zero attached hydrogens (tertiary/aromatic N) is 2. The van der Waals surface area contributed by atoms with Crippen molar-refractivity contribution in [3.8, 4) is 0 Å². The number of nitro groups is 1. The smallest absolute Gasteiger partial charge is 0.288 e. The number of hydrogen-bond donors (Lipinski definition) is 0. The molecular weight excluding hydrogens is 380 g/mol. The second-order valence-electron chi connectivity index (χ2n) is 6.52. The van der Waals surface area contributed by atoms with Gasteiger partial charge in [0.15, 0.2) is 9.84 Å². The highest BCUT2D eigenvalue weighted by molar-refractivity contribution is 7.95. The maximum Gasteiger partial charge on any atom is 0.288 e. The number of halogens is 1. The highest BCUT2D eigenvalue weighted by Gasteiger charge is 2.44. The van der Waals surface area contributed by atoms with E-state index in [-0.39, 0.29) is 27.2 Å². The first kappa shape index (κ1) is 18.7. The predicted molar refractivity (Wildman–Crippen MR) is 98.2 cm³/mol. The van der Waals surface area contributed by atoms with E-state index < -0.39 is 26.6 Å². The molecule has 0 N–H and O–H groups in total. The van der Waals surface area contributed by atoms with Crippen LogP contribution in [0.3, 0.4) is 0 Å². The molecule has 0 spiro atoms. The van der Waals surface area contributed by atoms with Gasteiger partial charge in [-0.1, -0.05) is 17.7 Å². The third-order valence-corrected chi connectivity index (χ3v) is 7.09. The van der Waals surface area contributed by atoms with Gasteiger partial charge in [-0.15, -0.1) is 0 Å². The molecule has 2 aliphatic rings. The molecule has 0 aliphatic carbocycles. The van der Waals surface area contributed by atoms with Crippen LogP contribution in [0.25, 0.3) is 0 Å². The van der Waals surface area contributed by atoms with Crippen molar-refractivity contribution in [1.29, 1.82) is 0 Å². The van der Waals surface area contributed by atoms with Crippen LogP contribution in [0.2, 0.25) is 5.02 Å². The van der Waals surface area contributed by atoms with Gasteiger partial charge in [0, 0.05) is 17.7 Å². The summed E-state index contributed by atoms with van der Waals surface area (Å²) in [6, 6.07) is 4.17. The molecule has 0 aromatic heterocycles. The molecule has 26 heavy (non-hydrogen) atoms. The molecular formula is C17H17ClN2O5S. The molecule has 0 amide bonds. The Labute approximate surface area is 155 Å². The van der Waals surface area contributed by atoms with Gasteiger partial charge in [-0.05, 0) is 38.3 Å². The molecule has 0 radical (unpaired) electrons. The fourth-order valence-electron chi connectivity index (χ4n) is 3.74. The van der Waals surface area contributed by atoms with E-state index in [2.05, 4.69) is 4.99 Å². The molecule has 2 aliphatic heterocycles. The number of Topliss-reactive ketones (excluding diaryl/α,β-unsaturated/α-hetero) is 1. The van der Waals surface area contributed by atoms with E-state index in [0.717, 1.165) is 0 Å². The maximum absolute atomic E-state index is 12.8. The zero-order chi connectivity index (χ0) is 19.2. The van der Waals surface area contributed by atoms with Crippen LogP contribution in [-0.2, 0) is 14.6 Å². The number of ketones is 1. The van der Waals surface area contributed by atoms with Gasteiger partial charge in [0.05, 0.1) is 27.2 Å². The molecule has 1 aromatic carbocycles. The number of rotatable bonds is 3. The minimum atomic E-state index is -3.60. The molecule has 3 rings (SSSR count). The van der Waals surface area contributed by atoms with Crippen LogP contribution in [-0.4, -0.2) is 30.6 Å². The number of carbonyl (C=O) groups is 1. The van der Waals surface area contributed by atoms with Gasteiger partial charge in [0.2, 0.25) is 0 Å². The van der Waals surface area contributed by atoms with Gasteiger partial charge in [-0.3, -0.25) is 19.9 Å². The zero-order valence-corrected chi connectivity index (χ0v) is 15.8. The van der Waals surface area contributed by atoms with E-state index in [4.69, 9.17) is 11.6 Å². The van der Waals surface area contributed by atoms with Gasteiger partial charge in [0.1, 0.15) is 10.8 Å². The SMILES string of the molecule is CC(=O)C1C(C)=NC2=C(C1c1ccc(Cl)c([N+](=O)[O-])c1)S(=O)(=O)CCC2. The van der Waals surface area contributed by atoms with E-state index in [1.54, 1.807) is 13.0 Å². The first-order valence-electron chi connectivity index (χ1n) is 8.08. The minimum Gasteiger partial charge on any atom is -0.299 e. The molecule has 0 bridgehead atoms. The van der Waals surface area contributed by atoms with Crippen molar-refractivity contribution < 1.29 is 18.1 Å². The second kappa shape index (κ2) is 6.59. The lowest BCUT2D eigenvalue weighted by Gasteiger charge is -2.34. The van der Waals surface area contributed by atoms with Crippen molar-refractivity contribution in [2.45, 2.75) is 32.6 Å². The summed E-state index contributed by atoms with van der Waals surface area (Å²) in [5, 5.41) is 11.2. The quantitative estimate of drug-likeness (QED) is 0.574. The third-order valence-electron chi connectivity index (χ3n) is 4.79. The van der Waals surface area contributed by atoms with Crippen molar-refractivity contribution in [2.75, 3.05) is 5.75 Å². The van der Waals surface area contributed by atoms with E-state index in [9.17, 15) is 23.3 Å². The molecule has 0 fully saturated rings. The van der Waals surface area contributed by atoms with Gasteiger partial charge < -0.3 is 0 Å². The lowest BCUT2D eigenvalue weighted by Crippen LogP contribution is -2.36. The minimum absolute atomic E-state index is 0.0167. The summed E-state index contributed by atoms with van der Waals surface area (Å²) in [6.45, 7) is 3.07. The number of benzene rings is 1. The lowest BCUT2D eigenvalue weighted by molar-refractivity contribution is -0.384. The standard InChI is InChI=1S/C17H17ClN2O5S/c1-9-15(10(2)21)16(11-5-6-12(18)14(8-11)20(22)23)17-13(19-9)4-3-7-26(17,24)25/h5-6,8,15-16H,3-4,7H2,1-2H3. The molecule has 0 saturated carbocycles. The molecule has 2 atom stereocenters. The van der Waals surface area contributed by atoms with Crippen LogP contribution in [0.5, 0.6) is 0 Å². The molecule has 2 heterocycles. The maximum atomic E-state index is 12.8. The number of sulfone groups is 1. The summed E-state index contributed by atoms with van der Waals surface area (Å²) in [4.78, 5) is 27.4. The Morgan fingerprint density at radius 1 is 1.38 bits per heavy atom. The molecule has 7 nitrogen and oxygen atoms in total. The summed E-state index contributed by atoms with van der Waals surface area (Å²) in [7, 11) is -3.60. The number of allylic oxidation sites excluding steroid dienone is 2. The highest BCUT2D eigenvalue weighted by Crippen LogP contribution is 2.46. The average Bonchev–Trinajstić information content (AvgIpc) is 2.53. The van der Waals surface area contributed by atoms with E-state index >= 15 is 0 Å². The zero-order valence-electron chi connectivity index (χ0n) is 14.2. The fourth-order valence-corrected chi connectivity index (χ4v) is 5.83. The molecule has 2 unspecified atom stereocenters. The van der Waals surface area contributed by atoms with Crippen molar-refractivity contribution in [3.05, 3.63) is 49.5 Å². The van der Waals surface area contributed by atoms with E-state index in [1.807, 2.05) is 0 Å². The number of hydrogen-bond acceptors (Lipinski definition) is 6. The lowest BCUT2D eigenvalue weighted by atomic mass is 9.78. The largest absolute Gasteiger partial charge is 0.299 e. The van der Waals surface area contributed by atoms with Crippen LogP contribution in [0, 0.1) is 16.0 Å². The summed E-state index contributed by atoms with van der Waals surface area (Å²) >= 11 is 5.89. The summed E-state index contributed by atoms with van der Waals surface area (Å²) in [5.74, 6) is -1.85. The number of aliphatic imine (C=N–C) groups is 1. The van der Waals surface area contributed by atoms with Gasteiger partial charge in [0.25, 0.3) is 5.69 Å². The monoisotopic (exact) mass is 396 g/mol. The molecule has 1 aromatic rings. The highest BCUT2D eigenvalue weighted by atomic mass is 35.5. The topological polar surface area (TPSA) is 107 Å². The van der Waals surface area contributed by atoms with E-state index in [1.165, 1.54) is 19.1 Å². The first-order chi connectivity index (χ1) is 12.1. The Balaban J connectivity index is 2.29. The Hall–Kier alpha value is -2.06. The Bertz CT molecular complexity index is 981. The van der Waals surface area contributed by atoms with Gasteiger partial charge >= 0.3 is 0 Å². The normalized spacial score (nSPS) is 24.7. The Morgan fingerprint density at radius 3 is 2.69 bits per heavy atom. The first-order valence-corrected chi connectivity index (χ1v) is 10.1. The van der Waals surface area contributed by atoms with Gasteiger partial charge in [-0.25, -0.2) is 8.42 Å². The van der Waals surface area contributed by atoms with Crippen LogP contribution >= 0.6 is 11.6 Å². The van der Waals surface area contributed by atoms with Crippen molar-refractivity contribution in [1.82, 2.24) is 0 Å². The number of carbonyl (C=O) groups excluding carboxylic acids is 1.